The third-order valence-corrected chi connectivity index (χ3v) is 4.90. The minimum Gasteiger partial charge on any atom is -0.382 e. The molecule has 20 heavy (non-hydrogen) atoms. The molecule has 4 nitrogen and oxygen atoms in total. The maximum Gasteiger partial charge on any atom is 0.341 e. The van der Waals surface area contributed by atoms with Crippen LogP contribution in [-0.2, 0) is 14.6 Å². The van der Waals surface area contributed by atoms with Crippen molar-refractivity contribution in [3.63, 3.8) is 0 Å². The summed E-state index contributed by atoms with van der Waals surface area (Å²) < 4.78 is 52.6. The van der Waals surface area contributed by atoms with E-state index in [9.17, 15) is 17.2 Å². The molecule has 2 rings (SSSR count). The number of benzene rings is 1. The Kier molecular flexibility index (Phi) is 4.59. The molecule has 1 aromatic carbocycles. The van der Waals surface area contributed by atoms with E-state index in [4.69, 9.17) is 4.74 Å². The summed E-state index contributed by atoms with van der Waals surface area (Å²) in [6.07, 6.45) is 3.07. The fourth-order valence-electron chi connectivity index (χ4n) is 2.36. The number of hydrogen-bond acceptors (Lipinski definition) is 4. The van der Waals surface area contributed by atoms with Crippen molar-refractivity contribution in [3.05, 3.63) is 24.3 Å². The lowest BCUT2D eigenvalue weighted by Gasteiger charge is -2.14. The molecule has 1 aromatic rings. The van der Waals surface area contributed by atoms with E-state index in [0.29, 0.717) is 0 Å². The second kappa shape index (κ2) is 6.05. The Morgan fingerprint density at radius 3 is 2.40 bits per heavy atom. The summed E-state index contributed by atoms with van der Waals surface area (Å²) in [5.74, 6) is -3.39. The first-order chi connectivity index (χ1) is 9.43. The number of halogens is 2. The van der Waals surface area contributed by atoms with Gasteiger partial charge >= 0.3 is 5.76 Å². The van der Waals surface area contributed by atoms with Crippen LogP contribution in [0.1, 0.15) is 19.3 Å². The predicted octanol–water partition coefficient (Wildman–Crippen LogP) is 2.66. The molecule has 0 aromatic heterocycles. The molecule has 7 heteroatoms. The highest BCUT2D eigenvalue weighted by atomic mass is 32.2. The van der Waals surface area contributed by atoms with Crippen LogP contribution in [0.4, 0.5) is 14.5 Å². The molecule has 0 heterocycles. The molecule has 0 aliphatic heterocycles. The van der Waals surface area contributed by atoms with Crippen LogP contribution in [0.3, 0.4) is 0 Å². The number of methoxy groups -OCH3 is 1. The molecule has 0 amide bonds. The highest BCUT2D eigenvalue weighted by Gasteiger charge is 2.27. The molecule has 0 spiro atoms. The summed E-state index contributed by atoms with van der Waals surface area (Å²) in [5, 5.41) is 3.25. The molecule has 1 aliphatic rings. The normalized spacial score (nSPS) is 23.2. The van der Waals surface area contributed by atoms with Crippen molar-refractivity contribution in [2.24, 2.45) is 0 Å². The van der Waals surface area contributed by atoms with Gasteiger partial charge in [0, 0.05) is 18.8 Å². The summed E-state index contributed by atoms with van der Waals surface area (Å²) in [6.45, 7) is 0. The Bertz CT molecular complexity index is 545. The summed E-state index contributed by atoms with van der Waals surface area (Å²) >= 11 is 0. The second-order valence-corrected chi connectivity index (χ2v) is 6.76. The van der Waals surface area contributed by atoms with Gasteiger partial charge in [0.05, 0.1) is 11.0 Å². The number of nitrogens with one attached hydrogen (secondary N) is 1. The highest BCUT2D eigenvalue weighted by Crippen LogP contribution is 2.26. The number of alkyl halides is 2. The number of rotatable bonds is 5. The quantitative estimate of drug-likeness (QED) is 0.908. The van der Waals surface area contributed by atoms with Crippen LogP contribution in [0.15, 0.2) is 29.2 Å². The minimum absolute atomic E-state index is 0.242. The average molecular weight is 305 g/mol. The highest BCUT2D eigenvalue weighted by molar-refractivity contribution is 7.91. The first kappa shape index (κ1) is 15.2. The lowest BCUT2D eigenvalue weighted by Crippen LogP contribution is -2.17. The number of ether oxygens (including phenoxy) is 1. The molecule has 1 saturated carbocycles. The minimum atomic E-state index is -4.51. The lowest BCUT2D eigenvalue weighted by molar-refractivity contribution is 0.108. The molecule has 1 aliphatic carbocycles. The second-order valence-electron chi connectivity index (χ2n) is 4.84. The third kappa shape index (κ3) is 3.27. The SMILES string of the molecule is COC1CCC(Nc2ccc(S(=O)(=O)C(F)F)cc2)C1. The number of anilines is 1. The maximum atomic E-state index is 12.4. The number of sulfone groups is 1. The van der Waals surface area contributed by atoms with Crippen molar-refractivity contribution in [2.75, 3.05) is 12.4 Å². The van der Waals surface area contributed by atoms with Crippen LogP contribution < -0.4 is 5.32 Å². The average Bonchev–Trinajstić information content (AvgIpc) is 2.87. The standard InChI is InChI=1S/C13H17F2NO3S/c1-19-11-5-2-10(8-11)16-9-3-6-12(7-4-9)20(17,18)13(14)15/h3-4,6-7,10-11,13,16H,2,5,8H2,1H3. The van der Waals surface area contributed by atoms with Crippen molar-refractivity contribution < 1.29 is 21.9 Å². The van der Waals surface area contributed by atoms with E-state index < -0.39 is 15.6 Å². The summed E-state index contributed by atoms with van der Waals surface area (Å²) in [6, 6.07) is 5.68. The first-order valence-electron chi connectivity index (χ1n) is 6.35. The zero-order valence-electron chi connectivity index (χ0n) is 11.1. The van der Waals surface area contributed by atoms with Crippen LogP contribution >= 0.6 is 0 Å². The maximum absolute atomic E-state index is 12.4. The Morgan fingerprint density at radius 1 is 1.25 bits per heavy atom. The molecule has 2 atom stereocenters. The van der Waals surface area contributed by atoms with Gasteiger partial charge in [-0.15, -0.1) is 0 Å². The van der Waals surface area contributed by atoms with Crippen molar-refractivity contribution in [1.29, 1.82) is 0 Å². The molecule has 0 radical (unpaired) electrons. The monoisotopic (exact) mass is 305 g/mol. The van der Waals surface area contributed by atoms with Crippen molar-refractivity contribution in [1.82, 2.24) is 0 Å². The van der Waals surface area contributed by atoms with Gasteiger partial charge in [0.15, 0.2) is 0 Å². The van der Waals surface area contributed by atoms with Crippen LogP contribution in [0.2, 0.25) is 0 Å². The van der Waals surface area contributed by atoms with E-state index >= 15 is 0 Å². The first-order valence-corrected chi connectivity index (χ1v) is 7.89. The van der Waals surface area contributed by atoms with Crippen molar-refractivity contribution >= 4 is 15.5 Å². The van der Waals surface area contributed by atoms with Gasteiger partial charge in [-0.1, -0.05) is 0 Å². The Balaban J connectivity index is 2.03. The van der Waals surface area contributed by atoms with Gasteiger partial charge in [-0.25, -0.2) is 8.42 Å². The van der Waals surface area contributed by atoms with E-state index in [1.807, 2.05) is 0 Å². The Labute approximate surface area is 117 Å². The third-order valence-electron chi connectivity index (χ3n) is 3.51. The Morgan fingerprint density at radius 2 is 1.90 bits per heavy atom. The molecule has 2 unspecified atom stereocenters. The topological polar surface area (TPSA) is 55.4 Å². The zero-order valence-corrected chi connectivity index (χ0v) is 11.9. The van der Waals surface area contributed by atoms with Crippen LogP contribution in [-0.4, -0.2) is 33.4 Å². The van der Waals surface area contributed by atoms with Crippen LogP contribution in [0.25, 0.3) is 0 Å². The van der Waals surface area contributed by atoms with E-state index in [1.165, 1.54) is 24.3 Å². The summed E-state index contributed by atoms with van der Waals surface area (Å²) in [5.41, 5.74) is 0.722. The van der Waals surface area contributed by atoms with E-state index in [2.05, 4.69) is 5.32 Å². The van der Waals surface area contributed by atoms with Gasteiger partial charge in [-0.3, -0.25) is 0 Å². The van der Waals surface area contributed by atoms with Crippen molar-refractivity contribution in [2.45, 2.75) is 42.1 Å². The Hall–Kier alpha value is -1.21. The van der Waals surface area contributed by atoms with Gasteiger partial charge in [0.1, 0.15) is 0 Å². The molecule has 1 fully saturated rings. The molecule has 112 valence electrons. The van der Waals surface area contributed by atoms with Gasteiger partial charge in [0.25, 0.3) is 0 Å². The fraction of sp³-hybridized carbons (Fsp3) is 0.538. The van der Waals surface area contributed by atoms with Gasteiger partial charge < -0.3 is 10.1 Å². The molecule has 0 saturated heterocycles. The van der Waals surface area contributed by atoms with Crippen LogP contribution in [0, 0.1) is 0 Å². The van der Waals surface area contributed by atoms with E-state index in [1.54, 1.807) is 7.11 Å². The van der Waals surface area contributed by atoms with Crippen LogP contribution in [0.5, 0.6) is 0 Å². The summed E-state index contributed by atoms with van der Waals surface area (Å²) in [4.78, 5) is -0.362. The smallest absolute Gasteiger partial charge is 0.341 e. The van der Waals surface area contributed by atoms with Gasteiger partial charge in [-0.05, 0) is 43.5 Å². The molecule has 0 bridgehead atoms. The summed E-state index contributed by atoms with van der Waals surface area (Å²) in [7, 11) is -2.84. The lowest BCUT2D eigenvalue weighted by atomic mass is 10.2. The fourth-order valence-corrected chi connectivity index (χ4v) is 3.09. The molecular formula is C13H17F2NO3S. The van der Waals surface area contributed by atoms with E-state index in [0.717, 1.165) is 24.9 Å². The number of hydrogen-bond donors (Lipinski definition) is 1. The van der Waals surface area contributed by atoms with Gasteiger partial charge in [-0.2, -0.15) is 8.78 Å². The molecule has 1 N–H and O–H groups in total. The molecular weight excluding hydrogens is 288 g/mol. The van der Waals surface area contributed by atoms with Crippen molar-refractivity contribution in [3.8, 4) is 0 Å². The van der Waals surface area contributed by atoms with Gasteiger partial charge in [0.2, 0.25) is 9.84 Å². The largest absolute Gasteiger partial charge is 0.382 e. The van der Waals surface area contributed by atoms with E-state index in [-0.39, 0.29) is 17.0 Å². The zero-order chi connectivity index (χ0) is 14.8. The predicted molar refractivity (Wildman–Crippen MR) is 71.7 cm³/mol.